The van der Waals surface area contributed by atoms with Crippen molar-refractivity contribution >= 4 is 29.8 Å². The van der Waals surface area contributed by atoms with Gasteiger partial charge in [-0.1, -0.05) is 24.3 Å². The van der Waals surface area contributed by atoms with Crippen molar-refractivity contribution in [1.29, 1.82) is 0 Å². The highest BCUT2D eigenvalue weighted by Gasteiger charge is 2.78. The summed E-state index contributed by atoms with van der Waals surface area (Å²) >= 11 is 0. The standard InChI is InChI=1S/C41H55N3O12/c1-39(2,3)53-31(47)15-14-28(23-46)42-36(48)29-5-4-17-43(29)38(50)40-21-30-32-33(55-41(54-32,26-10-11-26)27-12-13-27)35(40)56-44(34(40)37(49)52-30)22-25-8-6-24(7-9-25)16-19-51-20-18-45/h6-9,16,19,26-30,32-35,45-46H,4-5,10-15,17-18,20-23H2,1-3H3,(H,42,48)/t28-,29+,30+,32-,33-,34-,35+,40-/m0/s1. The molecule has 0 radical (unpaired) electrons. The minimum absolute atomic E-state index is 0.00549. The number of nitrogens with zero attached hydrogens (tertiary/aromatic N) is 2. The van der Waals surface area contributed by atoms with Gasteiger partial charge in [0.15, 0.2) is 11.8 Å². The highest BCUT2D eigenvalue weighted by atomic mass is 16.8. The molecule has 1 aromatic carbocycles. The fourth-order valence-electron chi connectivity index (χ4n) is 9.55. The average Bonchev–Trinajstić information content (AvgIpc) is 4.08. The van der Waals surface area contributed by atoms with E-state index in [-0.39, 0.29) is 56.8 Å². The summed E-state index contributed by atoms with van der Waals surface area (Å²) < 4.78 is 30.7. The van der Waals surface area contributed by atoms with Crippen molar-refractivity contribution in [3.8, 4) is 0 Å². The van der Waals surface area contributed by atoms with E-state index in [0.717, 1.165) is 36.8 Å². The van der Waals surface area contributed by atoms with Crippen LogP contribution in [-0.2, 0) is 54.2 Å². The molecule has 306 valence electrons. The molecular weight excluding hydrogens is 726 g/mol. The first kappa shape index (κ1) is 39.2. The SMILES string of the molecule is CC(C)(C)OC(=O)CC[C@@H](CO)NC(=O)[C@H]1CCCN1C(=O)[C@@]12C[C@H]3OC(=O)[C@@H]1N(Cc1ccc(C=COCCO)cc1)O[C@@H]2[C@H]1OC(C2CC2)(C2CC2)O[C@H]13. The molecule has 15 nitrogen and oxygen atoms in total. The normalized spacial score (nSPS) is 32.6. The second-order valence-electron chi connectivity index (χ2n) is 17.5. The molecule has 15 heteroatoms. The van der Waals surface area contributed by atoms with Crippen molar-refractivity contribution in [3.05, 3.63) is 41.7 Å². The zero-order valence-corrected chi connectivity index (χ0v) is 32.4. The minimum Gasteiger partial charge on any atom is -0.499 e. The predicted molar refractivity (Wildman–Crippen MR) is 196 cm³/mol. The molecule has 7 fully saturated rings. The van der Waals surface area contributed by atoms with E-state index in [0.29, 0.717) is 19.4 Å². The summed E-state index contributed by atoms with van der Waals surface area (Å²) in [6.07, 6.45) is 5.68. The fourth-order valence-corrected chi connectivity index (χ4v) is 9.55. The number of ether oxygens (including phenoxy) is 5. The Hall–Kier alpha value is -3.60. The summed E-state index contributed by atoms with van der Waals surface area (Å²) in [7, 11) is 0. The Morgan fingerprint density at radius 1 is 1.04 bits per heavy atom. The number of aliphatic hydroxyl groups excluding tert-OH is 2. The lowest BCUT2D eigenvalue weighted by Gasteiger charge is -2.50. The number of amides is 2. The van der Waals surface area contributed by atoms with Crippen LogP contribution in [0, 0.1) is 17.3 Å². The maximum atomic E-state index is 15.4. The molecule has 4 saturated heterocycles. The maximum Gasteiger partial charge on any atom is 0.327 e. The summed E-state index contributed by atoms with van der Waals surface area (Å²) in [5.41, 5.74) is -0.374. The summed E-state index contributed by atoms with van der Waals surface area (Å²) in [6, 6.07) is 4.94. The number of aliphatic hydroxyl groups is 2. The van der Waals surface area contributed by atoms with Gasteiger partial charge in [-0.25, -0.2) is 0 Å². The number of likely N-dealkylation sites (tertiary alicyclic amines) is 1. The molecule has 3 saturated carbocycles. The van der Waals surface area contributed by atoms with Crippen molar-refractivity contribution in [2.24, 2.45) is 17.3 Å². The molecule has 1 aromatic rings. The zero-order chi connectivity index (χ0) is 39.4. The lowest BCUT2D eigenvalue weighted by Crippen LogP contribution is -2.70. The third-order valence-electron chi connectivity index (χ3n) is 12.3. The van der Waals surface area contributed by atoms with E-state index < -0.39 is 83.8 Å². The molecule has 8 atom stereocenters. The monoisotopic (exact) mass is 781 g/mol. The average molecular weight is 782 g/mol. The Bertz CT molecular complexity index is 1680. The van der Waals surface area contributed by atoms with Crippen LogP contribution in [0.4, 0.5) is 0 Å². The smallest absolute Gasteiger partial charge is 0.327 e. The van der Waals surface area contributed by atoms with Crippen LogP contribution in [0.5, 0.6) is 0 Å². The van der Waals surface area contributed by atoms with Crippen LogP contribution < -0.4 is 5.32 Å². The van der Waals surface area contributed by atoms with E-state index in [2.05, 4.69) is 5.32 Å². The maximum absolute atomic E-state index is 15.4. The number of benzene rings is 1. The molecule has 2 bridgehead atoms. The van der Waals surface area contributed by atoms with Crippen LogP contribution in [0.15, 0.2) is 30.5 Å². The van der Waals surface area contributed by atoms with E-state index in [1.807, 2.05) is 24.3 Å². The molecule has 0 aromatic heterocycles. The van der Waals surface area contributed by atoms with Gasteiger partial charge in [-0.3, -0.25) is 24.0 Å². The number of fused-ring (bicyclic) bond motifs is 4. The second kappa shape index (κ2) is 15.3. The van der Waals surface area contributed by atoms with E-state index in [4.69, 9.17) is 33.6 Å². The third kappa shape index (κ3) is 7.35. The Balaban J connectivity index is 1.06. The predicted octanol–water partition coefficient (Wildman–Crippen LogP) is 2.36. The number of hydrogen-bond acceptors (Lipinski definition) is 13. The number of hydroxylamine groups is 2. The largest absolute Gasteiger partial charge is 0.499 e. The van der Waals surface area contributed by atoms with E-state index in [1.54, 1.807) is 36.8 Å². The van der Waals surface area contributed by atoms with Gasteiger partial charge in [0.05, 0.1) is 32.1 Å². The van der Waals surface area contributed by atoms with E-state index in [1.165, 1.54) is 6.26 Å². The van der Waals surface area contributed by atoms with Gasteiger partial charge in [0.25, 0.3) is 0 Å². The first-order valence-electron chi connectivity index (χ1n) is 20.3. The van der Waals surface area contributed by atoms with Crippen molar-refractivity contribution in [2.75, 3.05) is 26.4 Å². The van der Waals surface area contributed by atoms with E-state index in [9.17, 15) is 19.5 Å². The lowest BCUT2D eigenvalue weighted by atomic mass is 9.62. The first-order chi connectivity index (χ1) is 26.9. The highest BCUT2D eigenvalue weighted by molar-refractivity contribution is 5.96. The molecule has 2 amide bonds. The molecule has 3 N–H and O–H groups in total. The summed E-state index contributed by atoms with van der Waals surface area (Å²) in [5, 5.41) is 23.6. The second-order valence-corrected chi connectivity index (χ2v) is 17.5. The van der Waals surface area contributed by atoms with Crippen molar-refractivity contribution in [1.82, 2.24) is 15.3 Å². The summed E-state index contributed by atoms with van der Waals surface area (Å²) in [5.74, 6) is -2.12. The minimum atomic E-state index is -1.42. The van der Waals surface area contributed by atoms with Gasteiger partial charge in [0, 0.05) is 31.2 Å². The van der Waals surface area contributed by atoms with Crippen molar-refractivity contribution in [3.63, 3.8) is 0 Å². The van der Waals surface area contributed by atoms with Gasteiger partial charge in [0.2, 0.25) is 11.8 Å². The van der Waals surface area contributed by atoms with Crippen LogP contribution in [-0.4, -0.2) is 124 Å². The zero-order valence-electron chi connectivity index (χ0n) is 32.4. The first-order valence-corrected chi connectivity index (χ1v) is 20.3. The van der Waals surface area contributed by atoms with Gasteiger partial charge in [-0.05, 0) is 82.9 Å². The molecule has 3 aliphatic carbocycles. The Morgan fingerprint density at radius 3 is 2.41 bits per heavy atom. The van der Waals surface area contributed by atoms with E-state index >= 15 is 4.79 Å². The molecule has 4 aliphatic heterocycles. The van der Waals surface area contributed by atoms with Crippen molar-refractivity contribution < 1.29 is 57.9 Å². The van der Waals surface area contributed by atoms with Crippen LogP contribution in [0.25, 0.3) is 6.08 Å². The van der Waals surface area contributed by atoms with Gasteiger partial charge in [0.1, 0.15) is 48.1 Å². The molecule has 0 unspecified atom stereocenters. The van der Waals surface area contributed by atoms with Crippen LogP contribution >= 0.6 is 0 Å². The number of hydrogen-bond donors (Lipinski definition) is 3. The molecule has 7 aliphatic rings. The van der Waals surface area contributed by atoms with Crippen LogP contribution in [0.1, 0.15) is 89.7 Å². The molecule has 4 heterocycles. The number of rotatable bonds is 15. The molecular formula is C41H55N3O12. The Morgan fingerprint density at radius 2 is 1.75 bits per heavy atom. The third-order valence-corrected chi connectivity index (χ3v) is 12.3. The highest BCUT2D eigenvalue weighted by Crippen LogP contribution is 2.64. The topological polar surface area (TPSA) is 183 Å². The van der Waals surface area contributed by atoms with Crippen molar-refractivity contribution in [2.45, 2.75) is 139 Å². The number of carbonyl (C=O) groups excluding carboxylic acids is 4. The van der Waals surface area contributed by atoms with Crippen LogP contribution in [0.3, 0.4) is 0 Å². The summed E-state index contributed by atoms with van der Waals surface area (Å²) in [6.45, 7) is 5.53. The van der Waals surface area contributed by atoms with Crippen LogP contribution in [0.2, 0.25) is 0 Å². The Kier molecular flexibility index (Phi) is 10.7. The number of esters is 2. The lowest BCUT2D eigenvalue weighted by molar-refractivity contribution is -0.235. The molecule has 8 rings (SSSR count). The van der Waals surface area contributed by atoms with Gasteiger partial charge in [-0.15, -0.1) is 0 Å². The summed E-state index contributed by atoms with van der Waals surface area (Å²) in [4.78, 5) is 64.3. The Labute approximate surface area is 326 Å². The molecule has 0 spiro atoms. The number of nitrogens with one attached hydrogen (secondary N) is 1. The fraction of sp³-hybridized carbons (Fsp3) is 0.707. The quantitative estimate of drug-likeness (QED) is 0.134. The van der Waals surface area contributed by atoms with Gasteiger partial charge < -0.3 is 44.1 Å². The number of carbonyl (C=O) groups is 4. The van der Waals surface area contributed by atoms with Gasteiger partial charge in [-0.2, -0.15) is 5.06 Å². The molecule has 56 heavy (non-hydrogen) atoms. The van der Waals surface area contributed by atoms with Gasteiger partial charge >= 0.3 is 11.9 Å².